The normalized spacial score (nSPS) is 10.1. The number of benzene rings is 2. The molecule has 0 saturated carbocycles. The smallest absolute Gasteiger partial charge is 0.0602 e. The summed E-state index contributed by atoms with van der Waals surface area (Å²) in [4.78, 5) is 4.48. The molecule has 0 atom stereocenters. The number of para-hydroxylation sites is 1. The molecular weight excluding hydrogens is 424 g/mol. The van der Waals surface area contributed by atoms with Gasteiger partial charge < -0.3 is 4.57 Å². The van der Waals surface area contributed by atoms with Gasteiger partial charge in [0.25, 0.3) is 0 Å². The molecule has 0 aliphatic carbocycles. The van der Waals surface area contributed by atoms with Crippen LogP contribution in [0.15, 0.2) is 54.9 Å². The molecule has 0 aliphatic rings. The Labute approximate surface area is 132 Å². The monoisotopic (exact) mass is 440 g/mol. The average Bonchev–Trinajstić information content (AvgIpc) is 2.89. The molecule has 103 valence electrons. The first kappa shape index (κ1) is 14.7. The molecule has 1 aromatic heterocycles. The van der Waals surface area contributed by atoms with E-state index < -0.39 is 0 Å². The molecule has 0 saturated heterocycles. The minimum absolute atomic E-state index is 0. The summed E-state index contributed by atoms with van der Waals surface area (Å²) < 4.78 is 2.14. The quantitative estimate of drug-likeness (QED) is 0.553. The third-order valence-corrected chi connectivity index (χ3v) is 3.27. The summed E-state index contributed by atoms with van der Waals surface area (Å²) in [6, 6.07) is 17.5. The van der Waals surface area contributed by atoms with Gasteiger partial charge in [-0.1, -0.05) is 18.2 Å². The Balaban J connectivity index is 0.00000147. The summed E-state index contributed by atoms with van der Waals surface area (Å²) in [5.74, 6) is 0.929. The van der Waals surface area contributed by atoms with Crippen molar-refractivity contribution in [1.29, 1.82) is 0 Å². The fourth-order valence-corrected chi connectivity index (χ4v) is 2.40. The largest absolute Gasteiger partial charge is 0.340 e. The molecule has 2 aromatic carbocycles. The Morgan fingerprint density at radius 3 is 2.40 bits per heavy atom. The van der Waals surface area contributed by atoms with Gasteiger partial charge in [-0.25, -0.2) is 0 Å². The fraction of sp³-hybridized carbons (Fsp3) is 0.118. The predicted octanol–water partition coefficient (Wildman–Crippen LogP) is 3.95. The van der Waals surface area contributed by atoms with Gasteiger partial charge in [-0.2, -0.15) is 0 Å². The van der Waals surface area contributed by atoms with Gasteiger partial charge in [0.1, 0.15) is 0 Å². The molecule has 0 fully saturated rings. The molecule has 0 unspecified atom stereocenters. The Kier molecular flexibility index (Phi) is 4.53. The number of aromatic nitrogens is 2. The molecule has 3 rings (SSSR count). The second kappa shape index (κ2) is 6.17. The third kappa shape index (κ3) is 2.60. The molecule has 2 nitrogen and oxygen atoms in total. The van der Waals surface area contributed by atoms with E-state index in [0.29, 0.717) is 0 Å². The standard InChI is InChI=1S/C17H15N2.Ir/c1-13-7-6-8-14(2)16(13)19-12-11-18-17(19)15-9-4-3-5-10-15;/h3-9,11-12H,1-2H3;/q-1;. The van der Waals surface area contributed by atoms with Crippen molar-refractivity contribution in [2.24, 2.45) is 0 Å². The summed E-state index contributed by atoms with van der Waals surface area (Å²) in [7, 11) is 0. The number of hydrogen-bond donors (Lipinski definition) is 0. The zero-order valence-corrected chi connectivity index (χ0v) is 13.8. The zero-order chi connectivity index (χ0) is 13.2. The molecular formula is C17H15IrN2-. The number of aryl methyl sites for hydroxylation is 2. The van der Waals surface area contributed by atoms with Crippen molar-refractivity contribution in [2.75, 3.05) is 0 Å². The minimum Gasteiger partial charge on any atom is -0.340 e. The Morgan fingerprint density at radius 2 is 1.75 bits per heavy atom. The van der Waals surface area contributed by atoms with Crippen LogP contribution in [0.4, 0.5) is 0 Å². The van der Waals surface area contributed by atoms with Gasteiger partial charge in [-0.05, 0) is 25.0 Å². The van der Waals surface area contributed by atoms with Gasteiger partial charge in [0.2, 0.25) is 0 Å². The average molecular weight is 440 g/mol. The van der Waals surface area contributed by atoms with E-state index in [1.807, 2.05) is 36.7 Å². The number of hydrogen-bond acceptors (Lipinski definition) is 1. The van der Waals surface area contributed by atoms with E-state index in [-0.39, 0.29) is 20.1 Å². The van der Waals surface area contributed by atoms with E-state index in [4.69, 9.17) is 0 Å². The van der Waals surface area contributed by atoms with Gasteiger partial charge in [0, 0.05) is 38.2 Å². The van der Waals surface area contributed by atoms with Gasteiger partial charge in [0.15, 0.2) is 0 Å². The second-order valence-corrected chi connectivity index (χ2v) is 4.64. The summed E-state index contributed by atoms with van der Waals surface area (Å²) >= 11 is 0. The van der Waals surface area contributed by atoms with E-state index in [1.165, 1.54) is 16.8 Å². The van der Waals surface area contributed by atoms with E-state index in [1.54, 1.807) is 0 Å². The molecule has 1 radical (unpaired) electrons. The first-order valence-electron chi connectivity index (χ1n) is 6.34. The Bertz CT molecular complexity index is 682. The van der Waals surface area contributed by atoms with Gasteiger partial charge in [0.05, 0.1) is 5.82 Å². The van der Waals surface area contributed by atoms with Crippen LogP contribution < -0.4 is 0 Å². The summed E-state index contributed by atoms with van der Waals surface area (Å²) in [5.41, 5.74) is 4.70. The number of rotatable bonds is 2. The van der Waals surface area contributed by atoms with Crippen LogP contribution in [0.3, 0.4) is 0 Å². The van der Waals surface area contributed by atoms with Crippen molar-refractivity contribution >= 4 is 0 Å². The van der Waals surface area contributed by atoms with Crippen LogP contribution in [0.5, 0.6) is 0 Å². The molecule has 0 aliphatic heterocycles. The van der Waals surface area contributed by atoms with Crippen LogP contribution in [-0.2, 0) is 20.1 Å². The van der Waals surface area contributed by atoms with E-state index in [2.05, 4.69) is 47.7 Å². The second-order valence-electron chi connectivity index (χ2n) is 4.64. The van der Waals surface area contributed by atoms with Crippen LogP contribution in [0, 0.1) is 19.9 Å². The Morgan fingerprint density at radius 1 is 1.00 bits per heavy atom. The van der Waals surface area contributed by atoms with Crippen molar-refractivity contribution in [1.82, 2.24) is 9.55 Å². The molecule has 20 heavy (non-hydrogen) atoms. The van der Waals surface area contributed by atoms with Crippen molar-refractivity contribution < 1.29 is 20.1 Å². The van der Waals surface area contributed by atoms with E-state index in [9.17, 15) is 0 Å². The first-order valence-corrected chi connectivity index (χ1v) is 6.34. The van der Waals surface area contributed by atoms with Gasteiger partial charge in [-0.3, -0.25) is 4.98 Å². The van der Waals surface area contributed by atoms with E-state index >= 15 is 0 Å². The fourth-order valence-electron chi connectivity index (χ4n) is 2.40. The maximum atomic E-state index is 4.48. The number of imidazole rings is 1. The van der Waals surface area contributed by atoms with Gasteiger partial charge >= 0.3 is 0 Å². The molecule has 0 N–H and O–H groups in total. The SMILES string of the molecule is Cc1cccc(C)c1-n1ccnc1-c1[c-]cccc1.[Ir]. The van der Waals surface area contributed by atoms with Crippen molar-refractivity contribution in [3.05, 3.63) is 72.1 Å². The van der Waals surface area contributed by atoms with Crippen LogP contribution in [-0.4, -0.2) is 9.55 Å². The van der Waals surface area contributed by atoms with Crippen molar-refractivity contribution in [3.8, 4) is 17.1 Å². The number of nitrogens with zero attached hydrogens (tertiary/aromatic N) is 2. The predicted molar refractivity (Wildman–Crippen MR) is 77.3 cm³/mol. The molecule has 1 heterocycles. The molecule has 0 bridgehead atoms. The third-order valence-electron chi connectivity index (χ3n) is 3.27. The van der Waals surface area contributed by atoms with Crippen molar-refractivity contribution in [2.45, 2.75) is 13.8 Å². The Hall–Kier alpha value is -1.70. The summed E-state index contributed by atoms with van der Waals surface area (Å²) in [6.45, 7) is 4.25. The van der Waals surface area contributed by atoms with Crippen LogP contribution in [0.2, 0.25) is 0 Å². The van der Waals surface area contributed by atoms with Gasteiger partial charge in [-0.15, -0.1) is 35.9 Å². The molecule has 0 amide bonds. The van der Waals surface area contributed by atoms with Crippen molar-refractivity contribution in [3.63, 3.8) is 0 Å². The summed E-state index contributed by atoms with van der Waals surface area (Å²) in [6.07, 6.45) is 3.84. The zero-order valence-electron chi connectivity index (χ0n) is 11.4. The molecule has 3 heteroatoms. The minimum atomic E-state index is 0. The maximum Gasteiger partial charge on any atom is 0.0602 e. The first-order chi connectivity index (χ1) is 9.27. The van der Waals surface area contributed by atoms with E-state index in [0.717, 1.165) is 11.4 Å². The summed E-state index contributed by atoms with van der Waals surface area (Å²) in [5, 5.41) is 0. The van der Waals surface area contributed by atoms with Crippen LogP contribution in [0.25, 0.3) is 17.1 Å². The van der Waals surface area contributed by atoms with Crippen LogP contribution in [0.1, 0.15) is 11.1 Å². The van der Waals surface area contributed by atoms with Crippen LogP contribution >= 0.6 is 0 Å². The molecule has 3 aromatic rings. The maximum absolute atomic E-state index is 4.48. The topological polar surface area (TPSA) is 17.8 Å². The molecule has 0 spiro atoms.